The van der Waals surface area contributed by atoms with E-state index in [0.29, 0.717) is 5.56 Å². The van der Waals surface area contributed by atoms with E-state index in [-0.39, 0.29) is 11.3 Å². The lowest BCUT2D eigenvalue weighted by Gasteiger charge is -2.14. The van der Waals surface area contributed by atoms with Crippen LogP contribution in [0.15, 0.2) is 12.1 Å². The summed E-state index contributed by atoms with van der Waals surface area (Å²) in [6.45, 7) is 1.53. The molecule has 5 heteroatoms. The zero-order valence-corrected chi connectivity index (χ0v) is 8.45. The molecule has 0 aliphatic heterocycles. The van der Waals surface area contributed by atoms with Crippen LogP contribution in [0.2, 0.25) is 0 Å². The molecular formula is C10H12FNO3. The van der Waals surface area contributed by atoms with Crippen molar-refractivity contribution in [2.24, 2.45) is 5.73 Å². The van der Waals surface area contributed by atoms with Gasteiger partial charge in [-0.3, -0.25) is 4.79 Å². The van der Waals surface area contributed by atoms with Gasteiger partial charge < -0.3 is 15.6 Å². The molecule has 0 spiro atoms. The highest BCUT2D eigenvalue weighted by Gasteiger charge is 2.24. The Morgan fingerprint density at radius 1 is 1.60 bits per heavy atom. The molecule has 15 heavy (non-hydrogen) atoms. The van der Waals surface area contributed by atoms with Crippen LogP contribution in [-0.4, -0.2) is 18.2 Å². The Morgan fingerprint density at radius 3 is 2.67 bits per heavy atom. The van der Waals surface area contributed by atoms with Gasteiger partial charge in [0.25, 0.3) is 0 Å². The minimum Gasteiger partial charge on any atom is -0.496 e. The maximum atomic E-state index is 13.6. The first kappa shape index (κ1) is 11.5. The van der Waals surface area contributed by atoms with Crippen LogP contribution in [0.4, 0.5) is 4.39 Å². The van der Waals surface area contributed by atoms with Crippen LogP contribution in [0.25, 0.3) is 0 Å². The van der Waals surface area contributed by atoms with Gasteiger partial charge in [-0.25, -0.2) is 4.39 Å². The average molecular weight is 213 g/mol. The van der Waals surface area contributed by atoms with Gasteiger partial charge in [-0.15, -0.1) is 0 Å². The predicted octanol–water partition coefficient (Wildman–Crippen LogP) is 1.23. The van der Waals surface area contributed by atoms with E-state index in [9.17, 15) is 9.18 Å². The molecule has 1 unspecified atom stereocenters. The fourth-order valence-electron chi connectivity index (χ4n) is 1.28. The number of aryl methyl sites for hydroxylation is 1. The maximum Gasteiger partial charge on any atom is 0.325 e. The van der Waals surface area contributed by atoms with E-state index in [1.165, 1.54) is 26.2 Å². The van der Waals surface area contributed by atoms with Crippen molar-refractivity contribution in [3.8, 4) is 5.75 Å². The number of hydrogen-bond acceptors (Lipinski definition) is 3. The summed E-state index contributed by atoms with van der Waals surface area (Å²) in [7, 11) is 1.34. The Morgan fingerprint density at radius 2 is 2.20 bits per heavy atom. The van der Waals surface area contributed by atoms with Gasteiger partial charge in [-0.05, 0) is 18.6 Å². The molecule has 0 radical (unpaired) electrons. The van der Waals surface area contributed by atoms with Crippen LogP contribution in [-0.2, 0) is 4.79 Å². The standard InChI is InChI=1S/C10H12FNO3/c1-5-3-4-6(15-2)7(8(5)11)9(12)10(13)14/h3-4,9H,12H2,1-2H3,(H,13,14). The molecule has 0 saturated carbocycles. The Labute approximate surface area is 86.5 Å². The summed E-state index contributed by atoms with van der Waals surface area (Å²) in [4.78, 5) is 10.7. The molecule has 0 aliphatic carbocycles. The molecule has 0 fully saturated rings. The van der Waals surface area contributed by atoms with E-state index in [4.69, 9.17) is 15.6 Å². The molecule has 4 nitrogen and oxygen atoms in total. The van der Waals surface area contributed by atoms with Crippen molar-refractivity contribution in [2.45, 2.75) is 13.0 Å². The number of aliphatic carboxylic acids is 1. The third-order valence-electron chi connectivity index (χ3n) is 2.13. The summed E-state index contributed by atoms with van der Waals surface area (Å²) in [6.07, 6.45) is 0. The van der Waals surface area contributed by atoms with Gasteiger partial charge >= 0.3 is 5.97 Å². The molecule has 0 amide bonds. The molecule has 3 N–H and O–H groups in total. The number of methoxy groups -OCH3 is 1. The van der Waals surface area contributed by atoms with Gasteiger partial charge in [0.05, 0.1) is 12.7 Å². The largest absolute Gasteiger partial charge is 0.496 e. The Bertz CT molecular complexity index is 392. The predicted molar refractivity (Wildman–Crippen MR) is 52.3 cm³/mol. The van der Waals surface area contributed by atoms with Crippen LogP contribution in [0.3, 0.4) is 0 Å². The van der Waals surface area contributed by atoms with E-state index in [1.807, 2.05) is 0 Å². The third-order valence-corrected chi connectivity index (χ3v) is 2.13. The molecule has 0 heterocycles. The minimum atomic E-state index is -1.42. The summed E-state index contributed by atoms with van der Waals surface area (Å²) < 4.78 is 18.5. The Hall–Kier alpha value is -1.62. The first-order valence-corrected chi connectivity index (χ1v) is 4.30. The van der Waals surface area contributed by atoms with Crippen molar-refractivity contribution >= 4 is 5.97 Å². The summed E-state index contributed by atoms with van der Waals surface area (Å²) >= 11 is 0. The zero-order chi connectivity index (χ0) is 11.6. The fraction of sp³-hybridized carbons (Fsp3) is 0.300. The summed E-state index contributed by atoms with van der Waals surface area (Å²) in [6, 6.07) is 1.59. The van der Waals surface area contributed by atoms with Crippen LogP contribution in [0.5, 0.6) is 5.75 Å². The molecule has 82 valence electrons. The van der Waals surface area contributed by atoms with Crippen molar-refractivity contribution in [3.05, 3.63) is 29.1 Å². The lowest BCUT2D eigenvalue weighted by atomic mass is 10.0. The molecular weight excluding hydrogens is 201 g/mol. The number of carbonyl (C=O) groups is 1. The number of hydrogen-bond donors (Lipinski definition) is 2. The molecule has 0 saturated heterocycles. The first-order chi connectivity index (χ1) is 6.99. The van der Waals surface area contributed by atoms with Gasteiger partial charge in [-0.2, -0.15) is 0 Å². The highest BCUT2D eigenvalue weighted by atomic mass is 19.1. The van der Waals surface area contributed by atoms with E-state index < -0.39 is 17.8 Å². The van der Waals surface area contributed by atoms with Crippen molar-refractivity contribution in [1.29, 1.82) is 0 Å². The lowest BCUT2D eigenvalue weighted by molar-refractivity contribution is -0.138. The molecule has 1 aromatic rings. The summed E-state index contributed by atoms with van der Waals surface area (Å²) in [5, 5.41) is 8.72. The number of rotatable bonds is 3. The second-order valence-corrected chi connectivity index (χ2v) is 3.13. The second-order valence-electron chi connectivity index (χ2n) is 3.13. The normalized spacial score (nSPS) is 12.3. The van der Waals surface area contributed by atoms with Crippen LogP contribution < -0.4 is 10.5 Å². The van der Waals surface area contributed by atoms with E-state index >= 15 is 0 Å². The fourth-order valence-corrected chi connectivity index (χ4v) is 1.28. The third kappa shape index (κ3) is 2.07. The smallest absolute Gasteiger partial charge is 0.325 e. The Kier molecular flexibility index (Phi) is 3.26. The van der Waals surface area contributed by atoms with Crippen molar-refractivity contribution in [1.82, 2.24) is 0 Å². The number of halogens is 1. The van der Waals surface area contributed by atoms with Gasteiger partial charge in [0, 0.05) is 0 Å². The minimum absolute atomic E-state index is 0.120. The van der Waals surface area contributed by atoms with Crippen molar-refractivity contribution in [3.63, 3.8) is 0 Å². The van der Waals surface area contributed by atoms with Crippen molar-refractivity contribution < 1.29 is 19.0 Å². The van der Waals surface area contributed by atoms with Gasteiger partial charge in [-0.1, -0.05) is 6.07 Å². The molecule has 0 aromatic heterocycles. The van der Waals surface area contributed by atoms with Crippen LogP contribution >= 0.6 is 0 Å². The van der Waals surface area contributed by atoms with E-state index in [1.54, 1.807) is 0 Å². The molecule has 1 rings (SSSR count). The number of carboxylic acid groups (broad SMARTS) is 1. The Balaban J connectivity index is 3.35. The molecule has 0 bridgehead atoms. The van der Waals surface area contributed by atoms with Gasteiger partial charge in [0.2, 0.25) is 0 Å². The maximum absolute atomic E-state index is 13.6. The number of ether oxygens (including phenoxy) is 1. The summed E-state index contributed by atoms with van der Waals surface area (Å²) in [5.41, 5.74) is 5.58. The quantitative estimate of drug-likeness (QED) is 0.792. The highest BCUT2D eigenvalue weighted by Crippen LogP contribution is 2.28. The summed E-state index contributed by atoms with van der Waals surface area (Å²) in [5.74, 6) is -1.78. The topological polar surface area (TPSA) is 72.5 Å². The molecule has 1 aromatic carbocycles. The SMILES string of the molecule is COc1ccc(C)c(F)c1C(N)C(=O)O. The van der Waals surface area contributed by atoms with Crippen LogP contribution in [0.1, 0.15) is 17.2 Å². The van der Waals surface area contributed by atoms with Gasteiger partial charge in [0.15, 0.2) is 0 Å². The number of benzene rings is 1. The monoisotopic (exact) mass is 213 g/mol. The molecule has 1 atom stereocenters. The zero-order valence-electron chi connectivity index (χ0n) is 8.45. The van der Waals surface area contributed by atoms with E-state index in [2.05, 4.69) is 0 Å². The van der Waals surface area contributed by atoms with Crippen molar-refractivity contribution in [2.75, 3.05) is 7.11 Å². The number of carboxylic acids is 1. The van der Waals surface area contributed by atoms with Gasteiger partial charge in [0.1, 0.15) is 17.6 Å². The lowest BCUT2D eigenvalue weighted by Crippen LogP contribution is -2.23. The highest BCUT2D eigenvalue weighted by molar-refractivity contribution is 5.76. The first-order valence-electron chi connectivity index (χ1n) is 4.30. The van der Waals surface area contributed by atoms with Crippen LogP contribution in [0, 0.1) is 12.7 Å². The average Bonchev–Trinajstić information content (AvgIpc) is 2.20. The second kappa shape index (κ2) is 4.27. The van der Waals surface area contributed by atoms with E-state index in [0.717, 1.165) is 0 Å². The number of nitrogens with two attached hydrogens (primary N) is 1. The molecule has 0 aliphatic rings.